The van der Waals surface area contributed by atoms with Crippen LogP contribution in [0.3, 0.4) is 0 Å². The van der Waals surface area contributed by atoms with Gasteiger partial charge in [-0.1, -0.05) is 12.1 Å². The number of aromatic carboxylic acids is 1. The van der Waals surface area contributed by atoms with Crippen molar-refractivity contribution in [2.45, 2.75) is 44.9 Å². The van der Waals surface area contributed by atoms with Crippen LogP contribution in [-0.4, -0.2) is 47.3 Å². The summed E-state index contributed by atoms with van der Waals surface area (Å²) in [6.45, 7) is 3.86. The maximum Gasteiger partial charge on any atom is 0.335 e. The summed E-state index contributed by atoms with van der Waals surface area (Å²) in [6, 6.07) is 10.1. The number of H-pyrrole nitrogens is 1. The van der Waals surface area contributed by atoms with Gasteiger partial charge in [-0.25, -0.2) is 13.6 Å². The van der Waals surface area contributed by atoms with Crippen molar-refractivity contribution in [1.29, 1.82) is 0 Å². The summed E-state index contributed by atoms with van der Waals surface area (Å²) in [5.74, 6) is -0.530. The zero-order valence-corrected chi connectivity index (χ0v) is 18.7. The molecule has 2 aromatic carbocycles. The van der Waals surface area contributed by atoms with Gasteiger partial charge in [-0.15, -0.1) is 0 Å². The number of ether oxygens (including phenoxy) is 2. The predicted molar refractivity (Wildman–Crippen MR) is 121 cm³/mol. The van der Waals surface area contributed by atoms with Crippen LogP contribution in [0.4, 0.5) is 8.78 Å². The van der Waals surface area contributed by atoms with Gasteiger partial charge in [0.2, 0.25) is 0 Å². The van der Waals surface area contributed by atoms with Gasteiger partial charge in [0, 0.05) is 48.4 Å². The first kappa shape index (κ1) is 23.2. The Labute approximate surface area is 191 Å². The number of carboxylic acid groups (broad SMARTS) is 1. The van der Waals surface area contributed by atoms with E-state index in [1.54, 1.807) is 18.3 Å². The lowest BCUT2D eigenvalue weighted by atomic mass is 9.91. The minimum absolute atomic E-state index is 0.00776. The number of aromatic nitrogens is 1. The van der Waals surface area contributed by atoms with Crippen LogP contribution < -0.4 is 4.74 Å². The van der Waals surface area contributed by atoms with E-state index in [0.29, 0.717) is 24.4 Å². The minimum Gasteiger partial charge on any atom is -0.496 e. The number of aromatic amines is 1. The molecule has 0 saturated carbocycles. The van der Waals surface area contributed by atoms with Crippen molar-refractivity contribution in [1.82, 2.24) is 9.88 Å². The van der Waals surface area contributed by atoms with E-state index in [1.807, 2.05) is 25.1 Å². The molecular formula is C25H28F2N2O4. The second-order valence-corrected chi connectivity index (χ2v) is 8.23. The SMILES string of the molecule is CCO[C@H]1CCN(Cc2c(OC)cc(C(F)F)c3[nH]ccc23)[C@H](c2ccc(C(=O)O)cc2)C1. The van der Waals surface area contributed by atoms with Crippen molar-refractivity contribution < 1.29 is 28.2 Å². The number of benzene rings is 2. The van der Waals surface area contributed by atoms with Crippen molar-refractivity contribution in [3.63, 3.8) is 0 Å². The van der Waals surface area contributed by atoms with Gasteiger partial charge in [-0.2, -0.15) is 0 Å². The average molecular weight is 459 g/mol. The van der Waals surface area contributed by atoms with E-state index in [0.717, 1.165) is 35.9 Å². The molecule has 33 heavy (non-hydrogen) atoms. The van der Waals surface area contributed by atoms with Gasteiger partial charge in [0.15, 0.2) is 0 Å². The topological polar surface area (TPSA) is 74.8 Å². The number of hydrogen-bond acceptors (Lipinski definition) is 4. The van der Waals surface area contributed by atoms with Crippen LogP contribution in [0.5, 0.6) is 5.75 Å². The Morgan fingerprint density at radius 3 is 2.67 bits per heavy atom. The zero-order chi connectivity index (χ0) is 23.5. The van der Waals surface area contributed by atoms with E-state index >= 15 is 0 Å². The Bertz CT molecular complexity index is 1110. The van der Waals surface area contributed by atoms with Crippen LogP contribution in [-0.2, 0) is 11.3 Å². The van der Waals surface area contributed by atoms with Crippen molar-refractivity contribution in [3.8, 4) is 5.75 Å². The third-order valence-electron chi connectivity index (χ3n) is 6.37. The van der Waals surface area contributed by atoms with Crippen LogP contribution >= 0.6 is 0 Å². The number of nitrogens with zero attached hydrogens (tertiary/aromatic N) is 1. The van der Waals surface area contributed by atoms with Crippen LogP contribution in [0.15, 0.2) is 42.6 Å². The summed E-state index contributed by atoms with van der Waals surface area (Å²) in [5, 5.41) is 9.96. The van der Waals surface area contributed by atoms with E-state index < -0.39 is 12.4 Å². The number of methoxy groups -OCH3 is 1. The first-order valence-corrected chi connectivity index (χ1v) is 11.1. The van der Waals surface area contributed by atoms with Gasteiger partial charge in [0.1, 0.15) is 5.75 Å². The van der Waals surface area contributed by atoms with E-state index in [1.165, 1.54) is 13.2 Å². The number of hydrogen-bond donors (Lipinski definition) is 2. The Morgan fingerprint density at radius 2 is 2.03 bits per heavy atom. The van der Waals surface area contributed by atoms with E-state index in [9.17, 15) is 18.7 Å². The molecule has 0 radical (unpaired) electrons. The number of piperidine rings is 1. The number of likely N-dealkylation sites (tertiary alicyclic amines) is 1. The molecule has 3 aromatic rings. The lowest BCUT2D eigenvalue weighted by Crippen LogP contribution is -2.39. The van der Waals surface area contributed by atoms with E-state index in [-0.39, 0.29) is 23.3 Å². The Morgan fingerprint density at radius 1 is 1.27 bits per heavy atom. The molecule has 2 N–H and O–H groups in total. The molecule has 2 atom stereocenters. The molecule has 0 bridgehead atoms. The van der Waals surface area contributed by atoms with Crippen LogP contribution in [0.2, 0.25) is 0 Å². The maximum atomic E-state index is 13.6. The second kappa shape index (κ2) is 9.89. The molecule has 1 aliphatic heterocycles. The number of halogens is 2. The molecular weight excluding hydrogens is 430 g/mol. The van der Waals surface area contributed by atoms with Crippen LogP contribution in [0.1, 0.15) is 59.3 Å². The second-order valence-electron chi connectivity index (χ2n) is 8.23. The fourth-order valence-electron chi connectivity index (χ4n) is 4.77. The highest BCUT2D eigenvalue weighted by Crippen LogP contribution is 2.39. The molecule has 1 saturated heterocycles. The number of nitrogens with one attached hydrogen (secondary N) is 1. The lowest BCUT2D eigenvalue weighted by Gasteiger charge is -2.40. The molecule has 0 unspecified atom stereocenters. The molecule has 8 heteroatoms. The highest BCUT2D eigenvalue weighted by molar-refractivity contribution is 5.88. The summed E-state index contributed by atoms with van der Waals surface area (Å²) in [5.41, 5.74) is 2.43. The molecule has 1 aromatic heterocycles. The number of carbonyl (C=O) groups is 1. The first-order valence-electron chi connectivity index (χ1n) is 11.1. The van der Waals surface area contributed by atoms with Gasteiger partial charge < -0.3 is 19.6 Å². The molecule has 0 aliphatic carbocycles. The smallest absolute Gasteiger partial charge is 0.335 e. The molecule has 1 fully saturated rings. The number of fused-ring (bicyclic) bond motifs is 1. The van der Waals surface area contributed by atoms with E-state index in [4.69, 9.17) is 9.47 Å². The van der Waals surface area contributed by atoms with Crippen LogP contribution in [0.25, 0.3) is 10.9 Å². The Balaban J connectivity index is 1.71. The lowest BCUT2D eigenvalue weighted by molar-refractivity contribution is -0.0138. The monoisotopic (exact) mass is 458 g/mol. The van der Waals surface area contributed by atoms with Crippen molar-refractivity contribution in [2.75, 3.05) is 20.3 Å². The Hall–Kier alpha value is -2.97. The molecule has 1 aliphatic rings. The summed E-state index contributed by atoms with van der Waals surface area (Å²) in [6.07, 6.45) is 0.768. The summed E-state index contributed by atoms with van der Waals surface area (Å²) in [7, 11) is 1.50. The Kier molecular flexibility index (Phi) is 6.95. The largest absolute Gasteiger partial charge is 0.496 e. The highest BCUT2D eigenvalue weighted by atomic mass is 19.3. The molecule has 176 valence electrons. The standard InChI is InChI=1S/C25H28F2N2O4/c1-3-33-17-9-11-29(21(12-17)15-4-6-16(7-5-15)25(30)31)14-20-18-8-10-28-23(18)19(24(26)27)13-22(20)32-2/h4-8,10,13,17,21,24,28H,3,9,11-12,14H2,1-2H3,(H,30,31)/t17-,21-/m0/s1. The summed E-state index contributed by atoms with van der Waals surface area (Å²) >= 11 is 0. The van der Waals surface area contributed by atoms with Gasteiger partial charge >= 0.3 is 5.97 Å². The van der Waals surface area contributed by atoms with Gasteiger partial charge in [0.05, 0.1) is 24.3 Å². The third-order valence-corrected chi connectivity index (χ3v) is 6.37. The van der Waals surface area contributed by atoms with Gasteiger partial charge in [0.25, 0.3) is 6.43 Å². The van der Waals surface area contributed by atoms with Crippen molar-refractivity contribution in [2.24, 2.45) is 0 Å². The first-order chi connectivity index (χ1) is 15.9. The van der Waals surface area contributed by atoms with E-state index in [2.05, 4.69) is 9.88 Å². The van der Waals surface area contributed by atoms with Gasteiger partial charge in [-0.3, -0.25) is 4.90 Å². The summed E-state index contributed by atoms with van der Waals surface area (Å²) < 4.78 is 38.7. The fraction of sp³-hybridized carbons (Fsp3) is 0.400. The number of carboxylic acids is 1. The van der Waals surface area contributed by atoms with Crippen molar-refractivity contribution >= 4 is 16.9 Å². The maximum absolute atomic E-state index is 13.6. The molecule has 6 nitrogen and oxygen atoms in total. The van der Waals surface area contributed by atoms with Crippen LogP contribution in [0, 0.1) is 0 Å². The normalized spacial score (nSPS) is 19.3. The molecule has 4 rings (SSSR count). The minimum atomic E-state index is -2.61. The zero-order valence-electron chi connectivity index (χ0n) is 18.7. The average Bonchev–Trinajstić information content (AvgIpc) is 3.30. The predicted octanol–water partition coefficient (Wildman–Crippen LogP) is 5.55. The van der Waals surface area contributed by atoms with Crippen molar-refractivity contribution in [3.05, 3.63) is 64.8 Å². The third kappa shape index (κ3) is 4.72. The number of alkyl halides is 2. The highest BCUT2D eigenvalue weighted by Gasteiger charge is 2.31. The fourth-order valence-corrected chi connectivity index (χ4v) is 4.77. The quantitative estimate of drug-likeness (QED) is 0.463. The number of rotatable bonds is 8. The molecule has 0 spiro atoms. The van der Waals surface area contributed by atoms with Gasteiger partial charge in [-0.05, 0) is 49.6 Å². The molecule has 2 heterocycles. The summed E-state index contributed by atoms with van der Waals surface area (Å²) in [4.78, 5) is 16.5. The molecule has 0 amide bonds.